The highest BCUT2D eigenvalue weighted by molar-refractivity contribution is 9.24. The molecule has 0 saturated heterocycles. The molecule has 3 rings (SSSR count). The molecule has 3 nitrogen and oxygen atoms in total. The molecule has 0 aliphatic rings. The number of methoxy groups -OCH3 is 1. The van der Waals surface area contributed by atoms with Crippen LogP contribution in [0, 0.1) is 0 Å². The predicted molar refractivity (Wildman–Crippen MR) is 80.7 cm³/mol. The fourth-order valence-electron chi connectivity index (χ4n) is 2.12. The number of nitrogens with one attached hydrogen (secondary N) is 1. The molecule has 2 heterocycles. The van der Waals surface area contributed by atoms with E-state index in [9.17, 15) is 0 Å². The molecule has 0 unspecified atom stereocenters. The Balaban J connectivity index is 2.38. The number of hydrogen-bond donors (Lipinski definition) is 1. The number of halogens is 2. The largest absolute Gasteiger partial charge is 0.497 e. The Morgan fingerprint density at radius 3 is 2.78 bits per heavy atom. The third-order valence-corrected chi connectivity index (χ3v) is 3.83. The number of rotatable bonds is 2. The molecular weight excluding hydrogens is 360 g/mol. The third-order valence-electron chi connectivity index (χ3n) is 2.96. The summed E-state index contributed by atoms with van der Waals surface area (Å²) in [7, 11) is 1.67. The molecule has 3 aromatic rings. The zero-order valence-electron chi connectivity index (χ0n) is 9.58. The first-order valence-corrected chi connectivity index (χ1v) is 7.26. The Morgan fingerprint density at radius 2 is 2.06 bits per heavy atom. The summed E-state index contributed by atoms with van der Waals surface area (Å²) < 4.78 is 5.27. The molecular formula is C13H10Br2N2O. The average Bonchev–Trinajstić information content (AvgIpc) is 2.75. The molecule has 1 aromatic carbocycles. The second-order valence-corrected chi connectivity index (χ2v) is 7.02. The van der Waals surface area contributed by atoms with Crippen molar-refractivity contribution in [2.45, 2.75) is 3.74 Å². The molecule has 0 bridgehead atoms. The van der Waals surface area contributed by atoms with E-state index in [0.717, 1.165) is 22.5 Å². The molecule has 0 aliphatic carbocycles. The second kappa shape index (κ2) is 4.55. The lowest BCUT2D eigenvalue weighted by Gasteiger charge is -2.01. The molecule has 1 N–H and O–H groups in total. The van der Waals surface area contributed by atoms with Crippen LogP contribution in [-0.2, 0) is 0 Å². The van der Waals surface area contributed by atoms with Gasteiger partial charge in [-0.15, -0.1) is 0 Å². The predicted octanol–water partition coefficient (Wildman–Crippen LogP) is 4.51. The van der Waals surface area contributed by atoms with Crippen LogP contribution in [0.25, 0.3) is 21.8 Å². The summed E-state index contributed by atoms with van der Waals surface area (Å²) in [6.07, 6.45) is 1.82. The maximum absolute atomic E-state index is 5.24. The van der Waals surface area contributed by atoms with Crippen LogP contribution in [0.1, 0.15) is 9.43 Å². The van der Waals surface area contributed by atoms with Crippen molar-refractivity contribution in [3.63, 3.8) is 0 Å². The molecule has 0 amide bonds. The Bertz CT molecular complexity index is 721. The van der Waals surface area contributed by atoms with Crippen molar-refractivity contribution in [2.24, 2.45) is 0 Å². The van der Waals surface area contributed by atoms with E-state index in [1.54, 1.807) is 7.11 Å². The van der Waals surface area contributed by atoms with Crippen LogP contribution in [0.2, 0.25) is 0 Å². The van der Waals surface area contributed by atoms with Gasteiger partial charge in [-0.2, -0.15) is 0 Å². The van der Waals surface area contributed by atoms with E-state index in [2.05, 4.69) is 47.9 Å². The minimum atomic E-state index is 0.0312. The number of H-pyrrole nitrogens is 1. The molecule has 18 heavy (non-hydrogen) atoms. The van der Waals surface area contributed by atoms with E-state index in [-0.39, 0.29) is 3.74 Å². The molecule has 0 radical (unpaired) electrons. The SMILES string of the molecule is COc1ccc2c(c1)[nH]c1c(C(Br)Br)nccc12. The quantitative estimate of drug-likeness (QED) is 0.674. The summed E-state index contributed by atoms with van der Waals surface area (Å²) in [5, 5.41) is 2.34. The van der Waals surface area contributed by atoms with Gasteiger partial charge in [0, 0.05) is 23.0 Å². The lowest BCUT2D eigenvalue weighted by molar-refractivity contribution is 0.415. The van der Waals surface area contributed by atoms with Gasteiger partial charge in [-0.3, -0.25) is 4.98 Å². The Kier molecular flexibility index (Phi) is 3.03. The van der Waals surface area contributed by atoms with Crippen LogP contribution in [-0.4, -0.2) is 17.1 Å². The van der Waals surface area contributed by atoms with Crippen molar-refractivity contribution in [3.8, 4) is 5.75 Å². The molecule has 0 atom stereocenters. The zero-order chi connectivity index (χ0) is 12.7. The summed E-state index contributed by atoms with van der Waals surface area (Å²) in [5.74, 6) is 0.845. The molecule has 92 valence electrons. The van der Waals surface area contributed by atoms with E-state index < -0.39 is 0 Å². The first-order valence-electron chi connectivity index (χ1n) is 5.43. The molecule has 2 aromatic heterocycles. The van der Waals surface area contributed by atoms with Crippen LogP contribution in [0.5, 0.6) is 5.75 Å². The number of alkyl halides is 2. The fraction of sp³-hybridized carbons (Fsp3) is 0.154. The highest BCUT2D eigenvalue weighted by Gasteiger charge is 2.13. The third kappa shape index (κ3) is 1.82. The number of aromatic nitrogens is 2. The Labute approximate surface area is 121 Å². The van der Waals surface area contributed by atoms with Gasteiger partial charge in [0.05, 0.1) is 23.8 Å². The molecule has 0 spiro atoms. The van der Waals surface area contributed by atoms with E-state index >= 15 is 0 Å². The van der Waals surface area contributed by atoms with E-state index in [4.69, 9.17) is 4.74 Å². The first kappa shape index (κ1) is 12.0. The Hall–Kier alpha value is -1.07. The van der Waals surface area contributed by atoms with Gasteiger partial charge in [0.2, 0.25) is 0 Å². The summed E-state index contributed by atoms with van der Waals surface area (Å²) >= 11 is 7.00. The summed E-state index contributed by atoms with van der Waals surface area (Å²) in [5.41, 5.74) is 3.04. The van der Waals surface area contributed by atoms with Gasteiger partial charge in [0.1, 0.15) is 9.49 Å². The summed E-state index contributed by atoms with van der Waals surface area (Å²) in [6.45, 7) is 0. The highest BCUT2D eigenvalue weighted by Crippen LogP contribution is 2.35. The van der Waals surface area contributed by atoms with Gasteiger partial charge in [-0.25, -0.2) is 0 Å². The summed E-state index contributed by atoms with van der Waals surface area (Å²) in [6, 6.07) is 8.05. The number of benzene rings is 1. The highest BCUT2D eigenvalue weighted by atomic mass is 79.9. The minimum absolute atomic E-state index is 0.0312. The number of aromatic amines is 1. The van der Waals surface area contributed by atoms with Crippen molar-refractivity contribution < 1.29 is 4.74 Å². The van der Waals surface area contributed by atoms with Crippen LogP contribution in [0.15, 0.2) is 30.5 Å². The van der Waals surface area contributed by atoms with Gasteiger partial charge >= 0.3 is 0 Å². The van der Waals surface area contributed by atoms with Crippen LogP contribution < -0.4 is 4.74 Å². The topological polar surface area (TPSA) is 37.9 Å². The van der Waals surface area contributed by atoms with Crippen molar-refractivity contribution >= 4 is 53.7 Å². The first-order chi connectivity index (χ1) is 8.70. The fourth-order valence-corrected chi connectivity index (χ4v) is 2.82. The number of nitrogens with zero attached hydrogens (tertiary/aromatic N) is 1. The van der Waals surface area contributed by atoms with E-state index in [0.29, 0.717) is 0 Å². The van der Waals surface area contributed by atoms with Gasteiger partial charge in [0.25, 0.3) is 0 Å². The number of ether oxygens (including phenoxy) is 1. The minimum Gasteiger partial charge on any atom is -0.497 e. The molecule has 0 saturated carbocycles. The van der Waals surface area contributed by atoms with Gasteiger partial charge in [0.15, 0.2) is 0 Å². The van der Waals surface area contributed by atoms with Crippen LogP contribution in [0.3, 0.4) is 0 Å². The number of pyridine rings is 1. The summed E-state index contributed by atoms with van der Waals surface area (Å²) in [4.78, 5) is 7.79. The zero-order valence-corrected chi connectivity index (χ0v) is 12.7. The Morgan fingerprint density at radius 1 is 1.22 bits per heavy atom. The standard InChI is InChI=1S/C13H10Br2N2O/c1-18-7-2-3-8-9-4-5-16-12(13(14)15)11(9)17-10(8)6-7/h2-6,13,17H,1H3. The lowest BCUT2D eigenvalue weighted by Crippen LogP contribution is -1.87. The second-order valence-electron chi connectivity index (χ2n) is 3.96. The average molecular weight is 370 g/mol. The molecule has 0 fully saturated rings. The van der Waals surface area contributed by atoms with Crippen molar-refractivity contribution in [3.05, 3.63) is 36.2 Å². The smallest absolute Gasteiger partial charge is 0.120 e. The van der Waals surface area contributed by atoms with Gasteiger partial charge < -0.3 is 9.72 Å². The van der Waals surface area contributed by atoms with Crippen molar-refractivity contribution in [2.75, 3.05) is 7.11 Å². The monoisotopic (exact) mass is 368 g/mol. The molecule has 5 heteroatoms. The molecule has 0 aliphatic heterocycles. The normalized spacial score (nSPS) is 11.6. The number of fused-ring (bicyclic) bond motifs is 3. The lowest BCUT2D eigenvalue weighted by atomic mass is 10.1. The van der Waals surface area contributed by atoms with E-state index in [1.807, 2.05) is 24.4 Å². The maximum atomic E-state index is 5.24. The van der Waals surface area contributed by atoms with Crippen LogP contribution >= 0.6 is 31.9 Å². The number of hydrogen-bond acceptors (Lipinski definition) is 2. The van der Waals surface area contributed by atoms with Crippen molar-refractivity contribution in [1.29, 1.82) is 0 Å². The van der Waals surface area contributed by atoms with E-state index in [1.165, 1.54) is 10.8 Å². The van der Waals surface area contributed by atoms with Crippen molar-refractivity contribution in [1.82, 2.24) is 9.97 Å². The van der Waals surface area contributed by atoms with Crippen LogP contribution in [0.4, 0.5) is 0 Å². The maximum Gasteiger partial charge on any atom is 0.120 e. The van der Waals surface area contributed by atoms with Gasteiger partial charge in [-0.1, -0.05) is 31.9 Å². The van der Waals surface area contributed by atoms with Gasteiger partial charge in [-0.05, 0) is 18.2 Å².